The van der Waals surface area contributed by atoms with Gasteiger partial charge in [0.25, 0.3) is 0 Å². The van der Waals surface area contributed by atoms with E-state index >= 15 is 0 Å². The summed E-state index contributed by atoms with van der Waals surface area (Å²) in [6.07, 6.45) is 6.15. The van der Waals surface area contributed by atoms with E-state index < -0.39 is 0 Å². The number of nitrogens with one attached hydrogen (secondary N) is 1. The minimum Gasteiger partial charge on any atom is -0.309 e. The van der Waals surface area contributed by atoms with Gasteiger partial charge in [0.2, 0.25) is 0 Å². The molecule has 2 rings (SSSR count). The smallest absolute Gasteiger partial charge is 0.0981 e. The van der Waals surface area contributed by atoms with E-state index in [1.165, 1.54) is 29.1 Å². The SMILES string of the molecule is CC1CCCC(NCc2cnc(C(C)(C)C)s2)C1C. The predicted octanol–water partition coefficient (Wildman–Crippen LogP) is 4.35. The van der Waals surface area contributed by atoms with E-state index in [1.54, 1.807) is 0 Å². The third-order valence-electron chi connectivity index (χ3n) is 4.44. The molecule has 3 atom stereocenters. The maximum absolute atomic E-state index is 4.56. The maximum atomic E-state index is 4.56. The molecule has 0 aliphatic heterocycles. The summed E-state index contributed by atoms with van der Waals surface area (Å²) in [5.41, 5.74) is 0.176. The lowest BCUT2D eigenvalue weighted by Gasteiger charge is -2.34. The minimum atomic E-state index is 0.176. The van der Waals surface area contributed by atoms with Crippen molar-refractivity contribution in [1.82, 2.24) is 10.3 Å². The van der Waals surface area contributed by atoms with Crippen molar-refractivity contribution in [3.8, 4) is 0 Å². The highest BCUT2D eigenvalue weighted by Crippen LogP contribution is 2.30. The van der Waals surface area contributed by atoms with Crippen molar-refractivity contribution in [2.45, 2.75) is 71.9 Å². The molecule has 0 amide bonds. The molecule has 1 saturated carbocycles. The molecule has 0 bridgehead atoms. The standard InChI is InChI=1S/C16H28N2S/c1-11-7-6-8-14(12(11)2)17-9-13-10-18-15(19-13)16(3,4)5/h10-12,14,17H,6-9H2,1-5H3. The number of thiazole rings is 1. The Morgan fingerprint density at radius 3 is 2.68 bits per heavy atom. The Labute approximate surface area is 122 Å². The van der Waals surface area contributed by atoms with Crippen molar-refractivity contribution in [3.05, 3.63) is 16.1 Å². The number of hydrogen-bond donors (Lipinski definition) is 1. The van der Waals surface area contributed by atoms with Crippen LogP contribution in [-0.2, 0) is 12.0 Å². The first kappa shape index (κ1) is 15.0. The number of nitrogens with zero attached hydrogens (tertiary/aromatic N) is 1. The highest BCUT2D eigenvalue weighted by Gasteiger charge is 2.26. The van der Waals surface area contributed by atoms with E-state index in [0.717, 1.165) is 18.4 Å². The molecule has 1 fully saturated rings. The monoisotopic (exact) mass is 280 g/mol. The number of aromatic nitrogens is 1. The van der Waals surface area contributed by atoms with Crippen molar-refractivity contribution < 1.29 is 0 Å². The summed E-state index contributed by atoms with van der Waals surface area (Å²) in [4.78, 5) is 5.93. The second kappa shape index (κ2) is 5.92. The molecule has 1 aromatic heterocycles. The van der Waals surface area contributed by atoms with Crippen molar-refractivity contribution >= 4 is 11.3 Å². The molecule has 19 heavy (non-hydrogen) atoms. The largest absolute Gasteiger partial charge is 0.309 e. The van der Waals surface area contributed by atoms with E-state index in [4.69, 9.17) is 0 Å². The van der Waals surface area contributed by atoms with Gasteiger partial charge in [-0.05, 0) is 18.3 Å². The van der Waals surface area contributed by atoms with Crippen LogP contribution in [0.2, 0.25) is 0 Å². The van der Waals surface area contributed by atoms with Crippen LogP contribution in [0.3, 0.4) is 0 Å². The van der Waals surface area contributed by atoms with Gasteiger partial charge in [0.05, 0.1) is 5.01 Å². The lowest BCUT2D eigenvalue weighted by atomic mass is 9.78. The summed E-state index contributed by atoms with van der Waals surface area (Å²) in [6.45, 7) is 12.5. The summed E-state index contributed by atoms with van der Waals surface area (Å²) in [7, 11) is 0. The summed E-state index contributed by atoms with van der Waals surface area (Å²) >= 11 is 1.86. The number of hydrogen-bond acceptors (Lipinski definition) is 3. The van der Waals surface area contributed by atoms with Crippen molar-refractivity contribution in [3.63, 3.8) is 0 Å². The van der Waals surface area contributed by atoms with E-state index in [2.05, 4.69) is 51.1 Å². The van der Waals surface area contributed by atoms with Crippen LogP contribution in [0.4, 0.5) is 0 Å². The van der Waals surface area contributed by atoms with Crippen LogP contribution in [0, 0.1) is 11.8 Å². The summed E-state index contributed by atoms with van der Waals surface area (Å²) in [5.74, 6) is 1.65. The zero-order valence-corrected chi connectivity index (χ0v) is 13.8. The van der Waals surface area contributed by atoms with Gasteiger partial charge in [-0.3, -0.25) is 0 Å². The molecule has 0 spiro atoms. The lowest BCUT2D eigenvalue weighted by Crippen LogP contribution is -2.40. The fourth-order valence-corrected chi connectivity index (χ4v) is 3.76. The third kappa shape index (κ3) is 3.79. The van der Waals surface area contributed by atoms with Crippen molar-refractivity contribution in [1.29, 1.82) is 0 Å². The van der Waals surface area contributed by atoms with Gasteiger partial charge in [0.15, 0.2) is 0 Å². The second-order valence-electron chi connectivity index (χ2n) is 7.14. The molecule has 2 nitrogen and oxygen atoms in total. The molecular weight excluding hydrogens is 252 g/mol. The van der Waals surface area contributed by atoms with Crippen molar-refractivity contribution in [2.75, 3.05) is 0 Å². The Bertz CT molecular complexity index is 405. The molecule has 0 radical (unpaired) electrons. The molecular formula is C16H28N2S. The van der Waals surface area contributed by atoms with Crippen molar-refractivity contribution in [2.24, 2.45) is 11.8 Å². The Morgan fingerprint density at radius 1 is 1.32 bits per heavy atom. The lowest BCUT2D eigenvalue weighted by molar-refractivity contribution is 0.206. The molecule has 3 heteroatoms. The van der Waals surface area contributed by atoms with Gasteiger partial charge in [-0.2, -0.15) is 0 Å². The molecule has 1 aliphatic rings. The zero-order valence-electron chi connectivity index (χ0n) is 13.0. The first-order chi connectivity index (χ1) is 8.88. The van der Waals surface area contributed by atoms with Gasteiger partial charge in [-0.1, -0.05) is 47.5 Å². The van der Waals surface area contributed by atoms with Gasteiger partial charge >= 0.3 is 0 Å². The minimum absolute atomic E-state index is 0.176. The van der Waals surface area contributed by atoms with Gasteiger partial charge in [0.1, 0.15) is 0 Å². The van der Waals surface area contributed by atoms with Crippen LogP contribution in [-0.4, -0.2) is 11.0 Å². The van der Waals surface area contributed by atoms with E-state index in [-0.39, 0.29) is 5.41 Å². The summed E-state index contributed by atoms with van der Waals surface area (Å²) in [5, 5.41) is 5.00. The fourth-order valence-electron chi connectivity index (χ4n) is 2.84. The normalized spacial score (nSPS) is 28.6. The molecule has 1 aromatic rings. The van der Waals surface area contributed by atoms with Crippen LogP contribution in [0.5, 0.6) is 0 Å². The average Bonchev–Trinajstić information content (AvgIpc) is 2.79. The quantitative estimate of drug-likeness (QED) is 0.890. The summed E-state index contributed by atoms with van der Waals surface area (Å²) < 4.78 is 0. The van der Waals surface area contributed by atoms with E-state index in [1.807, 2.05) is 11.3 Å². The zero-order chi connectivity index (χ0) is 14.0. The topological polar surface area (TPSA) is 24.9 Å². The molecule has 1 aliphatic carbocycles. The Kier molecular flexibility index (Phi) is 4.67. The first-order valence-corrected chi connectivity index (χ1v) is 8.38. The molecule has 0 saturated heterocycles. The highest BCUT2D eigenvalue weighted by molar-refractivity contribution is 7.11. The van der Waals surface area contributed by atoms with Crippen LogP contribution in [0.25, 0.3) is 0 Å². The van der Waals surface area contributed by atoms with Crippen LogP contribution in [0.15, 0.2) is 6.20 Å². The molecule has 3 unspecified atom stereocenters. The Hall–Kier alpha value is -0.410. The van der Waals surface area contributed by atoms with Crippen LogP contribution < -0.4 is 5.32 Å². The average molecular weight is 280 g/mol. The van der Waals surface area contributed by atoms with Gasteiger partial charge in [-0.15, -0.1) is 11.3 Å². The molecule has 108 valence electrons. The van der Waals surface area contributed by atoms with Gasteiger partial charge in [0, 0.05) is 29.1 Å². The van der Waals surface area contributed by atoms with Crippen LogP contribution in [0.1, 0.15) is 63.8 Å². The molecule has 1 heterocycles. The maximum Gasteiger partial charge on any atom is 0.0981 e. The fraction of sp³-hybridized carbons (Fsp3) is 0.812. The first-order valence-electron chi connectivity index (χ1n) is 7.56. The highest BCUT2D eigenvalue weighted by atomic mass is 32.1. The molecule has 0 aromatic carbocycles. The van der Waals surface area contributed by atoms with Crippen LogP contribution >= 0.6 is 11.3 Å². The Morgan fingerprint density at radius 2 is 2.05 bits per heavy atom. The molecule has 1 N–H and O–H groups in total. The van der Waals surface area contributed by atoms with Gasteiger partial charge < -0.3 is 5.32 Å². The Balaban J connectivity index is 1.90. The van der Waals surface area contributed by atoms with E-state index in [9.17, 15) is 0 Å². The summed E-state index contributed by atoms with van der Waals surface area (Å²) in [6, 6.07) is 0.684. The van der Waals surface area contributed by atoms with Gasteiger partial charge in [-0.25, -0.2) is 4.98 Å². The number of rotatable bonds is 3. The third-order valence-corrected chi connectivity index (χ3v) is 5.86. The van der Waals surface area contributed by atoms with E-state index in [0.29, 0.717) is 6.04 Å². The predicted molar refractivity (Wildman–Crippen MR) is 83.6 cm³/mol. The second-order valence-corrected chi connectivity index (χ2v) is 8.25.